The maximum atomic E-state index is 5.65. The molecule has 1 aromatic carbocycles. The van der Waals surface area contributed by atoms with Crippen LogP contribution in [0.5, 0.6) is 5.19 Å². The lowest BCUT2D eigenvalue weighted by Gasteiger charge is -2.03. The Hall–Kier alpha value is -0.980. The van der Waals surface area contributed by atoms with Crippen molar-refractivity contribution in [1.29, 1.82) is 0 Å². The van der Waals surface area contributed by atoms with Gasteiger partial charge in [-0.15, -0.1) is 5.10 Å². The van der Waals surface area contributed by atoms with Gasteiger partial charge in [-0.3, -0.25) is 0 Å². The molecule has 1 N–H and O–H groups in total. The molecule has 0 fully saturated rings. The van der Waals surface area contributed by atoms with E-state index in [2.05, 4.69) is 38.4 Å². The lowest BCUT2D eigenvalue weighted by atomic mass is 10.2. The molecule has 0 aliphatic heterocycles. The van der Waals surface area contributed by atoms with Crippen molar-refractivity contribution < 1.29 is 4.74 Å². The Morgan fingerprint density at radius 1 is 1.32 bits per heavy atom. The maximum Gasteiger partial charge on any atom is 0.294 e. The molecule has 0 bridgehead atoms. The highest BCUT2D eigenvalue weighted by atomic mass is 79.9. The van der Waals surface area contributed by atoms with Gasteiger partial charge < -0.3 is 10.1 Å². The summed E-state index contributed by atoms with van der Waals surface area (Å²) in [7, 11) is 0. The van der Waals surface area contributed by atoms with Crippen LogP contribution in [0.1, 0.15) is 23.9 Å². The van der Waals surface area contributed by atoms with Crippen molar-refractivity contribution >= 4 is 27.3 Å². The molecule has 6 heteroatoms. The zero-order valence-electron chi connectivity index (χ0n) is 10.7. The van der Waals surface area contributed by atoms with Crippen LogP contribution in [-0.2, 0) is 13.2 Å². The van der Waals surface area contributed by atoms with Gasteiger partial charge in [0, 0.05) is 16.6 Å². The molecule has 1 aromatic heterocycles. The SMILES string of the molecule is CCCNCc1nnc(OCc2ccccc2Br)s1. The first-order valence-electron chi connectivity index (χ1n) is 6.19. The quantitative estimate of drug-likeness (QED) is 0.784. The topological polar surface area (TPSA) is 47.0 Å². The first-order valence-corrected chi connectivity index (χ1v) is 7.80. The van der Waals surface area contributed by atoms with Crippen LogP contribution < -0.4 is 10.1 Å². The molecule has 0 unspecified atom stereocenters. The summed E-state index contributed by atoms with van der Waals surface area (Å²) in [6.07, 6.45) is 1.12. The summed E-state index contributed by atoms with van der Waals surface area (Å²) in [5.41, 5.74) is 1.10. The monoisotopic (exact) mass is 341 g/mol. The first-order chi connectivity index (χ1) is 9.29. The van der Waals surface area contributed by atoms with Gasteiger partial charge in [-0.25, -0.2) is 0 Å². The van der Waals surface area contributed by atoms with Gasteiger partial charge in [0.2, 0.25) is 0 Å². The molecule has 0 spiro atoms. The van der Waals surface area contributed by atoms with E-state index in [1.165, 1.54) is 11.3 Å². The number of benzene rings is 1. The minimum Gasteiger partial charge on any atom is -0.464 e. The standard InChI is InChI=1S/C13H16BrN3OS/c1-2-7-15-8-12-16-17-13(19-12)18-9-10-5-3-4-6-11(10)14/h3-6,15H,2,7-9H2,1H3. The molecule has 2 aromatic rings. The first kappa shape index (κ1) is 14.4. The largest absolute Gasteiger partial charge is 0.464 e. The predicted octanol–water partition coefficient (Wildman–Crippen LogP) is 3.38. The molecule has 4 nitrogen and oxygen atoms in total. The smallest absolute Gasteiger partial charge is 0.294 e. The minimum absolute atomic E-state index is 0.498. The fourth-order valence-corrected chi connectivity index (χ4v) is 2.55. The van der Waals surface area contributed by atoms with Gasteiger partial charge in [0.05, 0.1) is 0 Å². The molecule has 0 saturated carbocycles. The van der Waals surface area contributed by atoms with Crippen molar-refractivity contribution in [1.82, 2.24) is 15.5 Å². The van der Waals surface area contributed by atoms with Gasteiger partial charge in [-0.1, -0.05) is 57.5 Å². The summed E-state index contributed by atoms with van der Waals surface area (Å²) < 4.78 is 6.69. The highest BCUT2D eigenvalue weighted by molar-refractivity contribution is 9.10. The van der Waals surface area contributed by atoms with E-state index in [4.69, 9.17) is 4.74 Å². The number of hydrogen-bond acceptors (Lipinski definition) is 5. The van der Waals surface area contributed by atoms with Gasteiger partial charge in [0.1, 0.15) is 11.6 Å². The van der Waals surface area contributed by atoms with Crippen LogP contribution >= 0.6 is 27.3 Å². The van der Waals surface area contributed by atoms with Crippen molar-refractivity contribution in [3.63, 3.8) is 0 Å². The minimum atomic E-state index is 0.498. The number of nitrogens with one attached hydrogen (secondary N) is 1. The van der Waals surface area contributed by atoms with Crippen LogP contribution in [0.4, 0.5) is 0 Å². The lowest BCUT2D eigenvalue weighted by molar-refractivity contribution is 0.301. The molecule has 0 saturated heterocycles. The van der Waals surface area contributed by atoms with Crippen LogP contribution in [0.2, 0.25) is 0 Å². The number of aromatic nitrogens is 2. The van der Waals surface area contributed by atoms with E-state index in [1.807, 2.05) is 24.3 Å². The van der Waals surface area contributed by atoms with Crippen molar-refractivity contribution in [3.05, 3.63) is 39.3 Å². The zero-order chi connectivity index (χ0) is 13.5. The molecule has 19 heavy (non-hydrogen) atoms. The third kappa shape index (κ3) is 4.56. The van der Waals surface area contributed by atoms with Crippen molar-refractivity contribution in [2.75, 3.05) is 6.54 Å². The Morgan fingerprint density at radius 2 is 2.16 bits per heavy atom. The molecular weight excluding hydrogens is 326 g/mol. The summed E-state index contributed by atoms with van der Waals surface area (Å²) in [5.74, 6) is 0. The van der Waals surface area contributed by atoms with E-state index in [0.717, 1.165) is 34.6 Å². The van der Waals surface area contributed by atoms with Crippen molar-refractivity contribution in [2.45, 2.75) is 26.5 Å². The maximum absolute atomic E-state index is 5.65. The average molecular weight is 342 g/mol. The van der Waals surface area contributed by atoms with Crippen molar-refractivity contribution in [2.24, 2.45) is 0 Å². The fourth-order valence-electron chi connectivity index (χ4n) is 1.50. The van der Waals surface area contributed by atoms with Crippen LogP contribution in [0.15, 0.2) is 28.7 Å². The van der Waals surface area contributed by atoms with Gasteiger partial charge in [0.25, 0.3) is 5.19 Å². The van der Waals surface area contributed by atoms with E-state index < -0.39 is 0 Å². The third-order valence-electron chi connectivity index (χ3n) is 2.46. The van der Waals surface area contributed by atoms with Gasteiger partial charge in [-0.05, 0) is 19.0 Å². The molecule has 2 rings (SSSR count). The summed E-state index contributed by atoms with van der Waals surface area (Å²) in [5, 5.41) is 13.0. The predicted molar refractivity (Wildman–Crippen MR) is 80.4 cm³/mol. The second-order valence-corrected chi connectivity index (χ2v) is 5.90. The van der Waals surface area contributed by atoms with Crippen LogP contribution in [0.3, 0.4) is 0 Å². The Morgan fingerprint density at radius 3 is 2.95 bits per heavy atom. The molecule has 0 amide bonds. The Bertz CT molecular complexity index is 518. The van der Waals surface area contributed by atoms with E-state index in [1.54, 1.807) is 0 Å². The fraction of sp³-hybridized carbons (Fsp3) is 0.385. The van der Waals surface area contributed by atoms with E-state index >= 15 is 0 Å². The molecule has 102 valence electrons. The number of nitrogens with zero attached hydrogens (tertiary/aromatic N) is 2. The second kappa shape index (κ2) is 7.57. The normalized spacial score (nSPS) is 10.6. The van der Waals surface area contributed by atoms with E-state index in [9.17, 15) is 0 Å². The van der Waals surface area contributed by atoms with Gasteiger partial charge >= 0.3 is 0 Å². The molecule has 0 atom stereocenters. The third-order valence-corrected chi connectivity index (χ3v) is 4.07. The molecule has 0 radical (unpaired) electrons. The zero-order valence-corrected chi connectivity index (χ0v) is 13.1. The molecule has 1 heterocycles. The number of hydrogen-bond donors (Lipinski definition) is 1. The lowest BCUT2D eigenvalue weighted by Crippen LogP contribution is -2.13. The van der Waals surface area contributed by atoms with Crippen LogP contribution in [0.25, 0.3) is 0 Å². The Kier molecular flexibility index (Phi) is 5.75. The molecular formula is C13H16BrN3OS. The van der Waals surface area contributed by atoms with Gasteiger partial charge in [-0.2, -0.15) is 0 Å². The van der Waals surface area contributed by atoms with E-state index in [0.29, 0.717) is 11.8 Å². The summed E-state index contributed by atoms with van der Waals surface area (Å²) in [6, 6.07) is 7.99. The van der Waals surface area contributed by atoms with Crippen molar-refractivity contribution in [3.8, 4) is 5.19 Å². The average Bonchev–Trinajstić information content (AvgIpc) is 2.86. The van der Waals surface area contributed by atoms with Crippen LogP contribution in [-0.4, -0.2) is 16.7 Å². The number of halogens is 1. The summed E-state index contributed by atoms with van der Waals surface area (Å²) in [6.45, 7) is 4.38. The number of rotatable bonds is 7. The van der Waals surface area contributed by atoms with Crippen LogP contribution in [0, 0.1) is 0 Å². The Balaban J connectivity index is 1.85. The van der Waals surface area contributed by atoms with E-state index in [-0.39, 0.29) is 0 Å². The molecule has 0 aliphatic rings. The summed E-state index contributed by atoms with van der Waals surface area (Å²) >= 11 is 4.98. The molecule has 0 aliphatic carbocycles. The van der Waals surface area contributed by atoms with Gasteiger partial charge in [0.15, 0.2) is 0 Å². The highest BCUT2D eigenvalue weighted by Crippen LogP contribution is 2.21. The second-order valence-electron chi connectivity index (χ2n) is 4.02. The Labute approximate surface area is 125 Å². The number of ether oxygens (including phenoxy) is 1. The summed E-state index contributed by atoms with van der Waals surface area (Å²) in [4.78, 5) is 0. The highest BCUT2D eigenvalue weighted by Gasteiger charge is 2.06.